The van der Waals surface area contributed by atoms with E-state index in [0.29, 0.717) is 5.69 Å². The van der Waals surface area contributed by atoms with E-state index >= 15 is 0 Å². The fourth-order valence-electron chi connectivity index (χ4n) is 4.95. The van der Waals surface area contributed by atoms with Gasteiger partial charge in [0.15, 0.2) is 0 Å². The van der Waals surface area contributed by atoms with Crippen LogP contribution in [0.5, 0.6) is 0 Å². The van der Waals surface area contributed by atoms with Crippen LogP contribution >= 0.6 is 0 Å². The van der Waals surface area contributed by atoms with Crippen LogP contribution < -0.4 is 9.62 Å². The van der Waals surface area contributed by atoms with Crippen LogP contribution in [0.15, 0.2) is 114 Å². The third kappa shape index (κ3) is 7.90. The third-order valence-electron chi connectivity index (χ3n) is 7.35. The van der Waals surface area contributed by atoms with Crippen LogP contribution in [0, 0.1) is 13.8 Å². The monoisotopic (exact) mass is 597 g/mol. The number of rotatable bonds is 12. The van der Waals surface area contributed by atoms with E-state index in [1.54, 1.807) is 30.3 Å². The second-order valence-electron chi connectivity index (χ2n) is 10.9. The number of aryl methyl sites for hydroxylation is 1. The highest BCUT2D eigenvalue weighted by molar-refractivity contribution is 7.92. The Labute approximate surface area is 255 Å². The number of hydrogen-bond acceptors (Lipinski definition) is 4. The second-order valence-corrected chi connectivity index (χ2v) is 12.8. The Morgan fingerprint density at radius 2 is 1.30 bits per heavy atom. The molecule has 0 saturated heterocycles. The van der Waals surface area contributed by atoms with Crippen LogP contribution in [-0.2, 0) is 32.6 Å². The molecular formula is C35H39N3O4S. The summed E-state index contributed by atoms with van der Waals surface area (Å²) in [4.78, 5) is 29.8. The molecule has 8 heteroatoms. The summed E-state index contributed by atoms with van der Waals surface area (Å²) in [5, 5.41) is 2.98. The van der Waals surface area contributed by atoms with Crippen molar-refractivity contribution < 1.29 is 18.0 Å². The van der Waals surface area contributed by atoms with Gasteiger partial charge in [-0.2, -0.15) is 0 Å². The van der Waals surface area contributed by atoms with Gasteiger partial charge in [0.05, 0.1) is 10.6 Å². The number of anilines is 1. The van der Waals surface area contributed by atoms with E-state index in [0.717, 1.165) is 22.3 Å². The predicted molar refractivity (Wildman–Crippen MR) is 171 cm³/mol. The predicted octanol–water partition coefficient (Wildman–Crippen LogP) is 5.66. The van der Waals surface area contributed by atoms with E-state index in [4.69, 9.17) is 0 Å². The first kappa shape index (κ1) is 31.5. The first-order valence-electron chi connectivity index (χ1n) is 14.4. The van der Waals surface area contributed by atoms with E-state index in [-0.39, 0.29) is 29.8 Å². The van der Waals surface area contributed by atoms with Crippen LogP contribution in [0.2, 0.25) is 0 Å². The molecule has 4 aromatic carbocycles. The van der Waals surface area contributed by atoms with Gasteiger partial charge in [-0.3, -0.25) is 13.9 Å². The van der Waals surface area contributed by atoms with Gasteiger partial charge >= 0.3 is 0 Å². The van der Waals surface area contributed by atoms with Gasteiger partial charge in [-0.05, 0) is 68.1 Å². The largest absolute Gasteiger partial charge is 0.352 e. The molecule has 0 bridgehead atoms. The summed E-state index contributed by atoms with van der Waals surface area (Å²) in [6.45, 7) is 7.15. The van der Waals surface area contributed by atoms with Crippen molar-refractivity contribution in [2.45, 2.75) is 57.6 Å². The van der Waals surface area contributed by atoms with Crippen molar-refractivity contribution in [2.75, 3.05) is 10.8 Å². The molecule has 0 spiro atoms. The molecule has 2 amide bonds. The Bertz CT molecular complexity index is 1630. The summed E-state index contributed by atoms with van der Waals surface area (Å²) in [7, 11) is -4.13. The number of benzene rings is 4. The highest BCUT2D eigenvalue weighted by Gasteiger charge is 2.35. The lowest BCUT2D eigenvalue weighted by Gasteiger charge is -2.34. The van der Waals surface area contributed by atoms with Gasteiger partial charge in [-0.1, -0.05) is 91.0 Å². The average Bonchev–Trinajstić information content (AvgIpc) is 3.00. The van der Waals surface area contributed by atoms with Gasteiger partial charge in [0.25, 0.3) is 10.0 Å². The summed E-state index contributed by atoms with van der Waals surface area (Å²) < 4.78 is 29.4. The van der Waals surface area contributed by atoms with Crippen molar-refractivity contribution >= 4 is 27.5 Å². The standard InChI is InChI=1S/C35H39N3O4S/c1-26(2)36-35(40)33(23-29-16-8-5-9-17-29)37(24-30-18-10-6-11-19-30)34(39)25-38(32-22-14-15-27(3)28(32)4)43(41,42)31-20-12-7-13-21-31/h5-22,26,33H,23-25H2,1-4H3,(H,36,40). The average molecular weight is 598 g/mol. The molecule has 224 valence electrons. The van der Waals surface area contributed by atoms with E-state index in [2.05, 4.69) is 5.32 Å². The molecule has 1 N–H and O–H groups in total. The van der Waals surface area contributed by atoms with Gasteiger partial charge < -0.3 is 10.2 Å². The SMILES string of the molecule is Cc1cccc(N(CC(=O)N(Cc2ccccc2)C(Cc2ccccc2)C(=O)NC(C)C)S(=O)(=O)c2ccccc2)c1C. The van der Waals surface area contributed by atoms with Crippen molar-refractivity contribution in [3.05, 3.63) is 131 Å². The maximum Gasteiger partial charge on any atom is 0.264 e. The molecule has 7 nitrogen and oxygen atoms in total. The molecule has 0 heterocycles. The minimum Gasteiger partial charge on any atom is -0.352 e. The van der Waals surface area contributed by atoms with E-state index in [1.165, 1.54) is 21.3 Å². The van der Waals surface area contributed by atoms with Crippen LogP contribution in [-0.4, -0.2) is 43.8 Å². The molecule has 0 aliphatic carbocycles. The zero-order valence-corrected chi connectivity index (χ0v) is 25.9. The maximum atomic E-state index is 14.5. The lowest BCUT2D eigenvalue weighted by Crippen LogP contribution is -2.54. The number of carbonyl (C=O) groups is 2. The quantitative estimate of drug-likeness (QED) is 0.228. The van der Waals surface area contributed by atoms with Crippen molar-refractivity contribution in [2.24, 2.45) is 0 Å². The molecule has 43 heavy (non-hydrogen) atoms. The van der Waals surface area contributed by atoms with Gasteiger partial charge in [0.1, 0.15) is 12.6 Å². The second kappa shape index (κ2) is 14.2. The van der Waals surface area contributed by atoms with E-state index in [1.807, 2.05) is 94.4 Å². The lowest BCUT2D eigenvalue weighted by atomic mass is 10.0. The zero-order chi connectivity index (χ0) is 31.0. The summed E-state index contributed by atoms with van der Waals surface area (Å²) in [6.07, 6.45) is 0.271. The van der Waals surface area contributed by atoms with E-state index in [9.17, 15) is 18.0 Å². The Kier molecular flexibility index (Phi) is 10.4. The lowest BCUT2D eigenvalue weighted by molar-refractivity contribution is -0.140. The maximum absolute atomic E-state index is 14.5. The topological polar surface area (TPSA) is 86.8 Å². The fourth-order valence-corrected chi connectivity index (χ4v) is 6.45. The minimum absolute atomic E-state index is 0.0803. The van der Waals surface area contributed by atoms with Crippen LogP contribution in [0.3, 0.4) is 0 Å². The molecular weight excluding hydrogens is 558 g/mol. The third-order valence-corrected chi connectivity index (χ3v) is 9.13. The first-order chi connectivity index (χ1) is 20.6. The van der Waals surface area contributed by atoms with Gasteiger partial charge in [0.2, 0.25) is 11.8 Å². The molecule has 0 aliphatic rings. The minimum atomic E-state index is -4.13. The molecule has 0 aliphatic heterocycles. The van der Waals surface area contributed by atoms with Gasteiger partial charge in [-0.15, -0.1) is 0 Å². The molecule has 4 aromatic rings. The summed E-state index contributed by atoms with van der Waals surface area (Å²) in [5.41, 5.74) is 3.79. The van der Waals surface area contributed by atoms with E-state index < -0.39 is 28.5 Å². The number of nitrogens with one attached hydrogen (secondary N) is 1. The fraction of sp³-hybridized carbons (Fsp3) is 0.257. The normalized spacial score (nSPS) is 12.0. The Morgan fingerprint density at radius 3 is 1.88 bits per heavy atom. The highest BCUT2D eigenvalue weighted by Crippen LogP contribution is 2.29. The van der Waals surface area contributed by atoms with Crippen molar-refractivity contribution in [1.82, 2.24) is 10.2 Å². The van der Waals surface area contributed by atoms with Gasteiger partial charge in [-0.25, -0.2) is 8.42 Å². The Balaban J connectivity index is 1.82. The number of amides is 2. The number of hydrogen-bond donors (Lipinski definition) is 1. The van der Waals surface area contributed by atoms with Gasteiger partial charge in [0, 0.05) is 19.0 Å². The Morgan fingerprint density at radius 1 is 0.744 bits per heavy atom. The van der Waals surface area contributed by atoms with Crippen LogP contribution in [0.25, 0.3) is 0 Å². The highest BCUT2D eigenvalue weighted by atomic mass is 32.2. The summed E-state index contributed by atoms with van der Waals surface area (Å²) >= 11 is 0. The number of sulfonamides is 1. The number of nitrogens with zero attached hydrogens (tertiary/aromatic N) is 2. The first-order valence-corrected chi connectivity index (χ1v) is 15.8. The molecule has 0 aromatic heterocycles. The Hall–Kier alpha value is -4.43. The molecule has 0 saturated carbocycles. The zero-order valence-electron chi connectivity index (χ0n) is 25.1. The van der Waals surface area contributed by atoms with Crippen molar-refractivity contribution in [3.8, 4) is 0 Å². The molecule has 4 rings (SSSR count). The molecule has 0 radical (unpaired) electrons. The molecule has 1 unspecified atom stereocenters. The smallest absolute Gasteiger partial charge is 0.264 e. The molecule has 1 atom stereocenters. The molecule has 0 fully saturated rings. The van der Waals surface area contributed by atoms with Crippen molar-refractivity contribution in [1.29, 1.82) is 0 Å². The number of carbonyl (C=O) groups excluding carboxylic acids is 2. The summed E-state index contributed by atoms with van der Waals surface area (Å²) in [6, 6.07) is 31.4. The summed E-state index contributed by atoms with van der Waals surface area (Å²) in [5.74, 6) is -0.781. The van der Waals surface area contributed by atoms with Crippen LogP contribution in [0.4, 0.5) is 5.69 Å². The van der Waals surface area contributed by atoms with Crippen molar-refractivity contribution in [3.63, 3.8) is 0 Å². The van der Waals surface area contributed by atoms with Crippen LogP contribution in [0.1, 0.15) is 36.1 Å².